The monoisotopic (exact) mass is 278 g/mol. The Morgan fingerprint density at radius 1 is 1.37 bits per heavy atom. The molecule has 100 valence electrons. The molecule has 0 spiro atoms. The number of nitrogens with one attached hydrogen (secondary N) is 1. The first-order chi connectivity index (χ1) is 9.17. The highest BCUT2D eigenvalue weighted by Gasteiger charge is 2.03. The summed E-state index contributed by atoms with van der Waals surface area (Å²) in [5.41, 5.74) is 1.53. The van der Waals surface area contributed by atoms with Gasteiger partial charge < -0.3 is 4.98 Å². The molecule has 0 amide bonds. The highest BCUT2D eigenvalue weighted by Crippen LogP contribution is 2.19. The number of thioether (sulfide) groups is 1. The second kappa shape index (κ2) is 6.52. The molecular weight excluding hydrogens is 263 g/mol. The Hall–Kier alpha value is -1.62. The molecule has 0 aliphatic carbocycles. The minimum atomic E-state index is -0.251. The molecule has 0 aliphatic rings. The molecule has 1 aromatic heterocycles. The molecular formula is C14H15FN2OS. The minimum absolute atomic E-state index is 0.139. The first-order valence-corrected chi connectivity index (χ1v) is 7.13. The normalized spacial score (nSPS) is 10.6. The van der Waals surface area contributed by atoms with Crippen molar-refractivity contribution in [3.63, 3.8) is 0 Å². The van der Waals surface area contributed by atoms with Gasteiger partial charge in [-0.2, -0.15) is 0 Å². The van der Waals surface area contributed by atoms with Crippen molar-refractivity contribution >= 4 is 11.8 Å². The average Bonchev–Trinajstić information content (AvgIpc) is 2.36. The van der Waals surface area contributed by atoms with Gasteiger partial charge in [0.05, 0.1) is 0 Å². The Kier molecular flexibility index (Phi) is 4.74. The van der Waals surface area contributed by atoms with Gasteiger partial charge in [0.1, 0.15) is 5.82 Å². The lowest BCUT2D eigenvalue weighted by Gasteiger charge is -2.03. The molecule has 5 heteroatoms. The summed E-state index contributed by atoms with van der Waals surface area (Å²) in [5.74, 6) is 0.329. The van der Waals surface area contributed by atoms with E-state index in [2.05, 4.69) is 9.97 Å². The molecule has 1 N–H and O–H groups in total. The zero-order chi connectivity index (χ0) is 13.7. The molecule has 0 saturated heterocycles. The Morgan fingerprint density at radius 3 is 2.95 bits per heavy atom. The van der Waals surface area contributed by atoms with Gasteiger partial charge in [-0.1, -0.05) is 37.2 Å². The van der Waals surface area contributed by atoms with Crippen molar-refractivity contribution < 1.29 is 4.39 Å². The van der Waals surface area contributed by atoms with E-state index in [4.69, 9.17) is 0 Å². The molecule has 1 aromatic carbocycles. The third-order valence-electron chi connectivity index (χ3n) is 2.54. The maximum absolute atomic E-state index is 13.0. The number of H-pyrrole nitrogens is 1. The standard InChI is InChI=1S/C14H15FN2OS/c1-2-4-12-8-13(18)17-14(16-12)19-9-10-5-3-6-11(15)7-10/h3,5-8H,2,4,9H2,1H3,(H,16,17,18). The van der Waals surface area contributed by atoms with Gasteiger partial charge in [-0.05, 0) is 24.1 Å². The lowest BCUT2D eigenvalue weighted by molar-refractivity contribution is 0.626. The van der Waals surface area contributed by atoms with Crippen LogP contribution in [0, 0.1) is 5.82 Å². The summed E-state index contributed by atoms with van der Waals surface area (Å²) in [7, 11) is 0. The Labute approximate surface area is 115 Å². The van der Waals surface area contributed by atoms with E-state index in [0.29, 0.717) is 10.9 Å². The van der Waals surface area contributed by atoms with Crippen LogP contribution >= 0.6 is 11.8 Å². The van der Waals surface area contributed by atoms with E-state index in [1.165, 1.54) is 30.0 Å². The van der Waals surface area contributed by atoms with E-state index in [1.807, 2.05) is 13.0 Å². The van der Waals surface area contributed by atoms with Gasteiger partial charge in [-0.25, -0.2) is 9.37 Å². The van der Waals surface area contributed by atoms with E-state index in [9.17, 15) is 9.18 Å². The highest BCUT2D eigenvalue weighted by atomic mass is 32.2. The second-order valence-corrected chi connectivity index (χ2v) is 5.17. The third-order valence-corrected chi connectivity index (χ3v) is 3.49. The largest absolute Gasteiger partial charge is 0.301 e. The van der Waals surface area contributed by atoms with Gasteiger partial charge in [-0.3, -0.25) is 4.79 Å². The van der Waals surface area contributed by atoms with Gasteiger partial charge in [0.15, 0.2) is 5.16 Å². The summed E-state index contributed by atoms with van der Waals surface area (Å²) in [6.45, 7) is 2.04. The summed E-state index contributed by atoms with van der Waals surface area (Å²) < 4.78 is 13.0. The predicted octanol–water partition coefficient (Wildman–Crippen LogP) is 3.15. The molecule has 0 bridgehead atoms. The van der Waals surface area contributed by atoms with Crippen LogP contribution in [0.4, 0.5) is 4.39 Å². The fourth-order valence-electron chi connectivity index (χ4n) is 1.71. The van der Waals surface area contributed by atoms with E-state index in [1.54, 1.807) is 6.07 Å². The number of benzene rings is 1. The number of hydrogen-bond acceptors (Lipinski definition) is 3. The van der Waals surface area contributed by atoms with Crippen LogP contribution in [0.15, 0.2) is 40.3 Å². The first-order valence-electron chi connectivity index (χ1n) is 6.15. The van der Waals surface area contributed by atoms with Crippen molar-refractivity contribution in [2.45, 2.75) is 30.7 Å². The van der Waals surface area contributed by atoms with E-state index < -0.39 is 0 Å². The van der Waals surface area contributed by atoms with Crippen molar-refractivity contribution in [2.24, 2.45) is 0 Å². The number of aryl methyl sites for hydroxylation is 1. The molecule has 0 aliphatic heterocycles. The van der Waals surface area contributed by atoms with Gasteiger partial charge in [0.25, 0.3) is 5.56 Å². The SMILES string of the molecule is CCCc1cc(=O)[nH]c(SCc2cccc(F)c2)n1. The Bertz CT molecular complexity index is 612. The number of aromatic nitrogens is 2. The molecule has 0 fully saturated rings. The first kappa shape index (κ1) is 13.8. The molecule has 0 radical (unpaired) electrons. The predicted molar refractivity (Wildman–Crippen MR) is 74.8 cm³/mol. The molecule has 0 saturated carbocycles. The Morgan fingerprint density at radius 2 is 2.21 bits per heavy atom. The maximum atomic E-state index is 13.0. The fraction of sp³-hybridized carbons (Fsp3) is 0.286. The summed E-state index contributed by atoms with van der Waals surface area (Å²) in [4.78, 5) is 18.6. The number of rotatable bonds is 5. The van der Waals surface area contributed by atoms with Gasteiger partial charge in [-0.15, -0.1) is 0 Å². The number of aromatic amines is 1. The lowest BCUT2D eigenvalue weighted by atomic mass is 10.2. The van der Waals surface area contributed by atoms with Crippen LogP contribution in [0.5, 0.6) is 0 Å². The topological polar surface area (TPSA) is 45.8 Å². The highest BCUT2D eigenvalue weighted by molar-refractivity contribution is 7.98. The molecule has 3 nitrogen and oxygen atoms in total. The summed E-state index contributed by atoms with van der Waals surface area (Å²) in [6.07, 6.45) is 1.74. The number of nitrogens with zero attached hydrogens (tertiary/aromatic N) is 1. The van der Waals surface area contributed by atoms with Crippen LogP contribution in [0.25, 0.3) is 0 Å². The van der Waals surface area contributed by atoms with Gasteiger partial charge >= 0.3 is 0 Å². The molecule has 1 heterocycles. The fourth-order valence-corrected chi connectivity index (χ4v) is 2.55. The Balaban J connectivity index is 2.09. The van der Waals surface area contributed by atoms with Gasteiger partial charge in [0, 0.05) is 17.5 Å². The average molecular weight is 278 g/mol. The zero-order valence-electron chi connectivity index (χ0n) is 10.6. The van der Waals surface area contributed by atoms with Crippen molar-refractivity contribution in [3.8, 4) is 0 Å². The molecule has 0 atom stereocenters. The van der Waals surface area contributed by atoms with E-state index in [-0.39, 0.29) is 11.4 Å². The van der Waals surface area contributed by atoms with Crippen molar-refractivity contribution in [1.82, 2.24) is 9.97 Å². The van der Waals surface area contributed by atoms with Crippen LogP contribution < -0.4 is 5.56 Å². The van der Waals surface area contributed by atoms with Crippen molar-refractivity contribution in [1.29, 1.82) is 0 Å². The van der Waals surface area contributed by atoms with Crippen LogP contribution in [0.3, 0.4) is 0 Å². The summed E-state index contributed by atoms with van der Waals surface area (Å²) >= 11 is 1.40. The number of halogens is 1. The molecule has 2 aromatic rings. The van der Waals surface area contributed by atoms with Crippen LogP contribution in [-0.4, -0.2) is 9.97 Å². The van der Waals surface area contributed by atoms with Crippen molar-refractivity contribution in [2.75, 3.05) is 0 Å². The van der Waals surface area contributed by atoms with Crippen LogP contribution in [-0.2, 0) is 12.2 Å². The third kappa shape index (κ3) is 4.21. The van der Waals surface area contributed by atoms with Crippen molar-refractivity contribution in [3.05, 3.63) is 57.8 Å². The zero-order valence-corrected chi connectivity index (χ0v) is 11.5. The number of hydrogen-bond donors (Lipinski definition) is 1. The summed E-state index contributed by atoms with van der Waals surface area (Å²) in [5, 5.41) is 0.584. The summed E-state index contributed by atoms with van der Waals surface area (Å²) in [6, 6.07) is 7.95. The van der Waals surface area contributed by atoms with Crippen LogP contribution in [0.2, 0.25) is 0 Å². The van der Waals surface area contributed by atoms with E-state index in [0.717, 1.165) is 24.1 Å². The smallest absolute Gasteiger partial charge is 0.251 e. The quantitative estimate of drug-likeness (QED) is 0.675. The minimum Gasteiger partial charge on any atom is -0.301 e. The second-order valence-electron chi connectivity index (χ2n) is 4.21. The maximum Gasteiger partial charge on any atom is 0.251 e. The van der Waals surface area contributed by atoms with E-state index >= 15 is 0 Å². The van der Waals surface area contributed by atoms with Crippen LogP contribution in [0.1, 0.15) is 24.6 Å². The molecule has 0 unspecified atom stereocenters. The molecule has 2 rings (SSSR count). The van der Waals surface area contributed by atoms with Gasteiger partial charge in [0.2, 0.25) is 0 Å². The molecule has 19 heavy (non-hydrogen) atoms. The lowest BCUT2D eigenvalue weighted by Crippen LogP contribution is -2.09.